The highest BCUT2D eigenvalue weighted by Gasteiger charge is 2.00. The lowest BCUT2D eigenvalue weighted by atomic mass is 10.1. The van der Waals surface area contributed by atoms with Crippen LogP contribution in [0.25, 0.3) is 0 Å². The van der Waals surface area contributed by atoms with Crippen LogP contribution >= 0.6 is 0 Å². The summed E-state index contributed by atoms with van der Waals surface area (Å²) in [6.07, 6.45) is 0.679. The minimum absolute atomic E-state index is 0.0235. The van der Waals surface area contributed by atoms with Gasteiger partial charge in [-0.3, -0.25) is 4.79 Å². The topological polar surface area (TPSA) is 50.1 Å². The van der Waals surface area contributed by atoms with Crippen LogP contribution in [0.4, 0.5) is 0 Å². The van der Waals surface area contributed by atoms with Gasteiger partial charge in [0.15, 0.2) is 6.29 Å². The number of nitrogens with zero attached hydrogens (tertiary/aromatic N) is 1. The third-order valence-corrected chi connectivity index (χ3v) is 1.62. The van der Waals surface area contributed by atoms with E-state index in [-0.39, 0.29) is 6.61 Å². The molecule has 1 aromatic carbocycles. The fourth-order valence-electron chi connectivity index (χ4n) is 0.949. The highest BCUT2D eigenvalue weighted by atomic mass is 16.5. The zero-order valence-corrected chi connectivity index (χ0v) is 7.28. The second-order valence-electron chi connectivity index (χ2n) is 2.57. The number of benzene rings is 1. The number of ether oxygens (including phenoxy) is 1. The maximum Gasteiger partial charge on any atom is 0.157 e. The van der Waals surface area contributed by atoms with E-state index in [1.165, 1.54) is 0 Å². The van der Waals surface area contributed by atoms with Gasteiger partial charge in [0.25, 0.3) is 0 Å². The number of carbonyl (C=O) groups is 1. The van der Waals surface area contributed by atoms with E-state index in [2.05, 4.69) is 0 Å². The van der Waals surface area contributed by atoms with Crippen molar-refractivity contribution < 1.29 is 9.53 Å². The largest absolute Gasteiger partial charge is 0.486 e. The van der Waals surface area contributed by atoms with Crippen LogP contribution in [-0.2, 0) is 4.79 Å². The molecule has 0 amide bonds. The molecule has 1 aromatic rings. The third-order valence-electron chi connectivity index (χ3n) is 1.62. The van der Waals surface area contributed by atoms with Crippen LogP contribution in [0.15, 0.2) is 18.2 Å². The first kappa shape index (κ1) is 9.27. The molecule has 0 radical (unpaired) electrons. The van der Waals surface area contributed by atoms with E-state index in [9.17, 15) is 4.79 Å². The van der Waals surface area contributed by atoms with Gasteiger partial charge in [0.05, 0.1) is 11.6 Å². The summed E-state index contributed by atoms with van der Waals surface area (Å²) in [6.45, 7) is 1.89. The molecule has 0 unspecified atom stereocenters. The smallest absolute Gasteiger partial charge is 0.157 e. The highest BCUT2D eigenvalue weighted by molar-refractivity contribution is 5.52. The maximum atomic E-state index is 10.1. The standard InChI is InChI=1S/C10H9NO2/c1-8-2-3-9(7-11)6-10(8)13-5-4-12/h2-4,6H,5H2,1H3. The normalized spacial score (nSPS) is 8.92. The van der Waals surface area contributed by atoms with E-state index in [1.807, 2.05) is 13.0 Å². The summed E-state index contributed by atoms with van der Waals surface area (Å²) in [6, 6.07) is 7.13. The summed E-state index contributed by atoms with van der Waals surface area (Å²) < 4.78 is 5.11. The molecule has 1 rings (SSSR count). The summed E-state index contributed by atoms with van der Waals surface area (Å²) in [7, 11) is 0. The second kappa shape index (κ2) is 4.27. The van der Waals surface area contributed by atoms with Crippen LogP contribution in [0.1, 0.15) is 11.1 Å². The van der Waals surface area contributed by atoms with Crippen molar-refractivity contribution >= 4 is 6.29 Å². The lowest BCUT2D eigenvalue weighted by molar-refractivity contribution is -0.109. The summed E-state index contributed by atoms with van der Waals surface area (Å²) in [5, 5.41) is 8.60. The van der Waals surface area contributed by atoms with Gasteiger partial charge in [-0.25, -0.2) is 0 Å². The molecule has 66 valence electrons. The first-order chi connectivity index (χ1) is 6.27. The Balaban J connectivity index is 2.91. The number of rotatable bonds is 3. The molecule has 0 aliphatic heterocycles. The van der Waals surface area contributed by atoms with Crippen LogP contribution < -0.4 is 4.74 Å². The Morgan fingerprint density at radius 1 is 1.62 bits per heavy atom. The number of hydrogen-bond donors (Lipinski definition) is 0. The lowest BCUT2D eigenvalue weighted by Gasteiger charge is -2.05. The third kappa shape index (κ3) is 2.31. The molecule has 3 heteroatoms. The number of nitriles is 1. The first-order valence-corrected chi connectivity index (χ1v) is 3.85. The number of carbonyl (C=O) groups excluding carboxylic acids is 1. The van der Waals surface area contributed by atoms with Gasteiger partial charge in [-0.15, -0.1) is 0 Å². The molecular formula is C10H9NO2. The number of aryl methyl sites for hydroxylation is 1. The zero-order valence-electron chi connectivity index (χ0n) is 7.28. The minimum Gasteiger partial charge on any atom is -0.486 e. The molecular weight excluding hydrogens is 166 g/mol. The summed E-state index contributed by atoms with van der Waals surface area (Å²) in [5.41, 5.74) is 1.45. The predicted molar refractivity (Wildman–Crippen MR) is 47.5 cm³/mol. The Bertz CT molecular complexity index is 352. The lowest BCUT2D eigenvalue weighted by Crippen LogP contribution is -1.99. The molecule has 0 aliphatic carbocycles. The van der Waals surface area contributed by atoms with Gasteiger partial charge in [0, 0.05) is 0 Å². The van der Waals surface area contributed by atoms with Gasteiger partial charge in [0.2, 0.25) is 0 Å². The second-order valence-corrected chi connectivity index (χ2v) is 2.57. The molecule has 0 aromatic heterocycles. The van der Waals surface area contributed by atoms with E-state index < -0.39 is 0 Å². The van der Waals surface area contributed by atoms with Crippen LogP contribution in [0, 0.1) is 18.3 Å². The highest BCUT2D eigenvalue weighted by Crippen LogP contribution is 2.18. The van der Waals surface area contributed by atoms with Crippen molar-refractivity contribution in [3.8, 4) is 11.8 Å². The van der Waals surface area contributed by atoms with Gasteiger partial charge in [0.1, 0.15) is 12.4 Å². The Morgan fingerprint density at radius 2 is 2.38 bits per heavy atom. The summed E-state index contributed by atoms with van der Waals surface area (Å²) >= 11 is 0. The molecule has 13 heavy (non-hydrogen) atoms. The zero-order chi connectivity index (χ0) is 9.68. The number of aldehydes is 1. The molecule has 0 saturated heterocycles. The molecule has 0 atom stereocenters. The van der Waals surface area contributed by atoms with Gasteiger partial charge < -0.3 is 4.74 Å². The quantitative estimate of drug-likeness (QED) is 0.653. The van der Waals surface area contributed by atoms with E-state index in [0.717, 1.165) is 5.56 Å². The van der Waals surface area contributed by atoms with E-state index >= 15 is 0 Å². The van der Waals surface area contributed by atoms with Crippen molar-refractivity contribution in [2.45, 2.75) is 6.92 Å². The van der Waals surface area contributed by atoms with E-state index in [1.54, 1.807) is 18.2 Å². The Kier molecular flexibility index (Phi) is 3.04. The first-order valence-electron chi connectivity index (χ1n) is 3.85. The van der Waals surface area contributed by atoms with Crippen LogP contribution in [0.3, 0.4) is 0 Å². The van der Waals surface area contributed by atoms with Crippen LogP contribution in [0.5, 0.6) is 5.75 Å². The average Bonchev–Trinajstić information content (AvgIpc) is 2.17. The SMILES string of the molecule is Cc1ccc(C#N)cc1OCC=O. The summed E-state index contributed by atoms with van der Waals surface area (Å²) in [5.74, 6) is 0.589. The fraction of sp³-hybridized carbons (Fsp3) is 0.200. The van der Waals surface area contributed by atoms with Crippen molar-refractivity contribution in [1.29, 1.82) is 5.26 Å². The molecule has 0 saturated carbocycles. The van der Waals surface area contributed by atoms with Gasteiger partial charge in [-0.2, -0.15) is 5.26 Å². The fourth-order valence-corrected chi connectivity index (χ4v) is 0.949. The maximum absolute atomic E-state index is 10.1. The average molecular weight is 175 g/mol. The van der Waals surface area contributed by atoms with Crippen molar-refractivity contribution in [3.63, 3.8) is 0 Å². The van der Waals surface area contributed by atoms with E-state index in [0.29, 0.717) is 17.6 Å². The van der Waals surface area contributed by atoms with E-state index in [4.69, 9.17) is 10.00 Å². The van der Waals surface area contributed by atoms with Crippen molar-refractivity contribution in [2.75, 3.05) is 6.61 Å². The molecule has 0 aliphatic rings. The molecule has 0 N–H and O–H groups in total. The Labute approximate surface area is 76.6 Å². The Morgan fingerprint density at radius 3 is 3.00 bits per heavy atom. The number of hydrogen-bond acceptors (Lipinski definition) is 3. The van der Waals surface area contributed by atoms with Gasteiger partial charge >= 0.3 is 0 Å². The monoisotopic (exact) mass is 175 g/mol. The van der Waals surface area contributed by atoms with Gasteiger partial charge in [-0.05, 0) is 24.6 Å². The van der Waals surface area contributed by atoms with Gasteiger partial charge in [-0.1, -0.05) is 6.07 Å². The summed E-state index contributed by atoms with van der Waals surface area (Å²) in [4.78, 5) is 10.1. The van der Waals surface area contributed by atoms with Crippen LogP contribution in [-0.4, -0.2) is 12.9 Å². The van der Waals surface area contributed by atoms with Crippen molar-refractivity contribution in [1.82, 2.24) is 0 Å². The molecule has 3 nitrogen and oxygen atoms in total. The molecule has 0 spiro atoms. The predicted octanol–water partition coefficient (Wildman–Crippen LogP) is 1.44. The minimum atomic E-state index is 0.0235. The molecule has 0 bridgehead atoms. The Hall–Kier alpha value is -1.82. The van der Waals surface area contributed by atoms with Crippen molar-refractivity contribution in [3.05, 3.63) is 29.3 Å². The molecule has 0 heterocycles. The molecule has 0 fully saturated rings. The van der Waals surface area contributed by atoms with Crippen LogP contribution in [0.2, 0.25) is 0 Å². The van der Waals surface area contributed by atoms with Crippen molar-refractivity contribution in [2.24, 2.45) is 0 Å².